The van der Waals surface area contributed by atoms with Crippen LogP contribution in [-0.4, -0.2) is 36.5 Å². The van der Waals surface area contributed by atoms with Crippen molar-refractivity contribution in [2.45, 2.75) is 11.7 Å². The second-order valence-corrected chi connectivity index (χ2v) is 5.99. The van der Waals surface area contributed by atoms with Crippen LogP contribution in [0.15, 0.2) is 18.2 Å². The highest BCUT2D eigenvalue weighted by Crippen LogP contribution is 2.28. The molecule has 5 nitrogen and oxygen atoms in total. The average Bonchev–Trinajstić information content (AvgIpc) is 2.41. The van der Waals surface area contributed by atoms with Crippen LogP contribution >= 0.6 is 23.4 Å². The second kappa shape index (κ2) is 6.85. The first-order valence-corrected chi connectivity index (χ1v) is 7.55. The number of anilines is 1. The topological polar surface area (TPSA) is 67.4 Å². The Labute approximate surface area is 126 Å². The van der Waals surface area contributed by atoms with E-state index in [9.17, 15) is 9.59 Å². The van der Waals surface area contributed by atoms with Crippen LogP contribution in [0.3, 0.4) is 0 Å². The molecule has 0 bridgehead atoms. The van der Waals surface area contributed by atoms with E-state index in [4.69, 9.17) is 16.3 Å². The molecule has 0 spiro atoms. The molecular formula is C13H15ClN2O3S. The molecule has 1 unspecified atom stereocenters. The Morgan fingerprint density at radius 1 is 1.60 bits per heavy atom. The van der Waals surface area contributed by atoms with E-state index < -0.39 is 0 Å². The van der Waals surface area contributed by atoms with Crippen LogP contribution in [0.1, 0.15) is 6.42 Å². The molecule has 0 saturated carbocycles. The highest BCUT2D eigenvalue weighted by atomic mass is 35.5. The molecule has 0 radical (unpaired) electrons. The quantitative estimate of drug-likeness (QED) is 0.891. The molecule has 0 aliphatic carbocycles. The number of methoxy groups -OCH3 is 1. The van der Waals surface area contributed by atoms with Crippen LogP contribution in [0, 0.1) is 0 Å². The zero-order chi connectivity index (χ0) is 14.5. The standard InChI is InChI=1S/C13H15ClN2O3S/c1-19-10-3-2-8(14)6-9(10)16-12(17)7-11-13(18)15-4-5-20-11/h2-3,6,11H,4-5,7H2,1H3,(H,15,18)(H,16,17). The molecule has 0 aromatic heterocycles. The summed E-state index contributed by atoms with van der Waals surface area (Å²) in [6.07, 6.45) is 0.131. The van der Waals surface area contributed by atoms with Crippen molar-refractivity contribution in [1.82, 2.24) is 5.32 Å². The third-order valence-electron chi connectivity index (χ3n) is 2.82. The first-order chi connectivity index (χ1) is 9.60. The van der Waals surface area contributed by atoms with Gasteiger partial charge < -0.3 is 15.4 Å². The van der Waals surface area contributed by atoms with E-state index in [1.165, 1.54) is 18.9 Å². The predicted octanol–water partition coefficient (Wildman–Crippen LogP) is 1.91. The molecule has 1 saturated heterocycles. The lowest BCUT2D eigenvalue weighted by Crippen LogP contribution is -2.40. The number of thioether (sulfide) groups is 1. The summed E-state index contributed by atoms with van der Waals surface area (Å²) in [4.78, 5) is 23.6. The summed E-state index contributed by atoms with van der Waals surface area (Å²) in [6, 6.07) is 4.98. The smallest absolute Gasteiger partial charge is 0.233 e. The Morgan fingerprint density at radius 3 is 3.10 bits per heavy atom. The van der Waals surface area contributed by atoms with E-state index >= 15 is 0 Å². The zero-order valence-electron chi connectivity index (χ0n) is 10.9. The van der Waals surface area contributed by atoms with E-state index in [-0.39, 0.29) is 23.5 Å². The zero-order valence-corrected chi connectivity index (χ0v) is 12.5. The number of rotatable bonds is 4. The fourth-order valence-corrected chi connectivity index (χ4v) is 3.04. The number of halogens is 1. The summed E-state index contributed by atoms with van der Waals surface area (Å²) < 4.78 is 5.15. The van der Waals surface area contributed by atoms with Gasteiger partial charge in [0.15, 0.2) is 0 Å². The Bertz CT molecular complexity index is 524. The largest absolute Gasteiger partial charge is 0.495 e. The molecule has 1 heterocycles. The predicted molar refractivity (Wildman–Crippen MR) is 80.5 cm³/mol. The number of amides is 2. The van der Waals surface area contributed by atoms with Gasteiger partial charge in [0.25, 0.3) is 0 Å². The fraction of sp³-hybridized carbons (Fsp3) is 0.385. The van der Waals surface area contributed by atoms with Gasteiger partial charge in [-0.1, -0.05) is 11.6 Å². The summed E-state index contributed by atoms with van der Waals surface area (Å²) in [5.74, 6) is 1.03. The Kier molecular flexibility index (Phi) is 5.14. The Hall–Kier alpha value is -1.40. The number of hydrogen-bond donors (Lipinski definition) is 2. The van der Waals surface area contributed by atoms with Gasteiger partial charge in [0, 0.05) is 23.7 Å². The summed E-state index contributed by atoms with van der Waals surface area (Å²) in [7, 11) is 1.52. The minimum Gasteiger partial charge on any atom is -0.495 e. The number of nitrogens with one attached hydrogen (secondary N) is 2. The van der Waals surface area contributed by atoms with Crippen molar-refractivity contribution >= 4 is 40.9 Å². The minimum atomic E-state index is -0.339. The maximum Gasteiger partial charge on any atom is 0.233 e. The first kappa shape index (κ1) is 15.0. The number of ether oxygens (including phenoxy) is 1. The lowest BCUT2D eigenvalue weighted by molar-refractivity contribution is -0.123. The maximum absolute atomic E-state index is 12.0. The van der Waals surface area contributed by atoms with Crippen molar-refractivity contribution in [2.75, 3.05) is 24.7 Å². The van der Waals surface area contributed by atoms with Gasteiger partial charge in [-0.05, 0) is 18.2 Å². The molecule has 7 heteroatoms. The van der Waals surface area contributed by atoms with Gasteiger partial charge in [-0.3, -0.25) is 9.59 Å². The van der Waals surface area contributed by atoms with Crippen molar-refractivity contribution in [1.29, 1.82) is 0 Å². The summed E-state index contributed by atoms with van der Waals surface area (Å²) in [5, 5.41) is 5.64. The van der Waals surface area contributed by atoms with Gasteiger partial charge in [0.1, 0.15) is 5.75 Å². The molecular weight excluding hydrogens is 300 g/mol. The molecule has 1 aliphatic heterocycles. The van der Waals surface area contributed by atoms with Crippen LogP contribution in [0.25, 0.3) is 0 Å². The first-order valence-electron chi connectivity index (χ1n) is 6.13. The van der Waals surface area contributed by atoms with Gasteiger partial charge >= 0.3 is 0 Å². The van der Waals surface area contributed by atoms with Crippen molar-refractivity contribution < 1.29 is 14.3 Å². The average molecular weight is 315 g/mol. The van der Waals surface area contributed by atoms with Crippen molar-refractivity contribution in [3.63, 3.8) is 0 Å². The van der Waals surface area contributed by atoms with Gasteiger partial charge in [-0.15, -0.1) is 11.8 Å². The van der Waals surface area contributed by atoms with E-state index in [2.05, 4.69) is 10.6 Å². The Balaban J connectivity index is 2.00. The molecule has 2 N–H and O–H groups in total. The number of carbonyl (C=O) groups excluding carboxylic acids is 2. The molecule has 1 aromatic carbocycles. The minimum absolute atomic E-state index is 0.0885. The third kappa shape index (κ3) is 3.80. The van der Waals surface area contributed by atoms with Gasteiger partial charge in [-0.2, -0.15) is 0 Å². The number of carbonyl (C=O) groups is 2. The van der Waals surface area contributed by atoms with Crippen LogP contribution in [-0.2, 0) is 9.59 Å². The highest BCUT2D eigenvalue weighted by Gasteiger charge is 2.25. The fourth-order valence-electron chi connectivity index (χ4n) is 1.86. The van der Waals surface area contributed by atoms with Crippen LogP contribution in [0.2, 0.25) is 5.02 Å². The lowest BCUT2D eigenvalue weighted by atomic mass is 10.2. The highest BCUT2D eigenvalue weighted by molar-refractivity contribution is 8.00. The summed E-state index contributed by atoms with van der Waals surface area (Å²) in [6.45, 7) is 0.656. The van der Waals surface area contributed by atoms with Crippen LogP contribution in [0.4, 0.5) is 5.69 Å². The summed E-state index contributed by atoms with van der Waals surface area (Å²) in [5.41, 5.74) is 0.506. The third-order valence-corrected chi connectivity index (χ3v) is 4.28. The van der Waals surface area contributed by atoms with Crippen molar-refractivity contribution in [3.8, 4) is 5.75 Å². The van der Waals surface area contributed by atoms with E-state index in [1.54, 1.807) is 18.2 Å². The van der Waals surface area contributed by atoms with E-state index in [0.29, 0.717) is 23.0 Å². The number of benzene rings is 1. The van der Waals surface area contributed by atoms with Crippen molar-refractivity contribution in [2.24, 2.45) is 0 Å². The molecule has 108 valence electrons. The molecule has 1 aromatic rings. The van der Waals surface area contributed by atoms with Crippen LogP contribution in [0.5, 0.6) is 5.75 Å². The molecule has 1 fully saturated rings. The van der Waals surface area contributed by atoms with Gasteiger partial charge in [0.05, 0.1) is 18.0 Å². The number of hydrogen-bond acceptors (Lipinski definition) is 4. The van der Waals surface area contributed by atoms with E-state index in [0.717, 1.165) is 5.75 Å². The van der Waals surface area contributed by atoms with Gasteiger partial charge in [-0.25, -0.2) is 0 Å². The van der Waals surface area contributed by atoms with Gasteiger partial charge in [0.2, 0.25) is 11.8 Å². The lowest BCUT2D eigenvalue weighted by Gasteiger charge is -2.21. The molecule has 1 atom stereocenters. The monoisotopic (exact) mass is 314 g/mol. The molecule has 1 aliphatic rings. The van der Waals surface area contributed by atoms with Crippen LogP contribution < -0.4 is 15.4 Å². The van der Waals surface area contributed by atoms with Crippen molar-refractivity contribution in [3.05, 3.63) is 23.2 Å². The molecule has 20 heavy (non-hydrogen) atoms. The second-order valence-electron chi connectivity index (χ2n) is 4.25. The SMILES string of the molecule is COc1ccc(Cl)cc1NC(=O)CC1SCCNC1=O. The van der Waals surface area contributed by atoms with E-state index in [1.807, 2.05) is 0 Å². The Morgan fingerprint density at radius 2 is 2.40 bits per heavy atom. The summed E-state index contributed by atoms with van der Waals surface area (Å²) >= 11 is 7.39. The molecule has 2 rings (SSSR count). The maximum atomic E-state index is 12.0. The molecule has 2 amide bonds. The normalized spacial score (nSPS) is 18.3.